The molecule has 1 rings (SSSR count). The summed E-state index contributed by atoms with van der Waals surface area (Å²) in [6.07, 6.45) is 2.96. The molecule has 8 heavy (non-hydrogen) atoms. The zero-order valence-corrected chi connectivity index (χ0v) is 4.80. The van der Waals surface area contributed by atoms with E-state index in [2.05, 4.69) is 6.07 Å². The van der Waals surface area contributed by atoms with Crippen molar-refractivity contribution in [2.75, 3.05) is 0 Å². The average Bonchev–Trinajstić information content (AvgIpc) is 2.14. The molecule has 2 heteroatoms. The molecule has 2 N–H and O–H groups in total. The van der Waals surface area contributed by atoms with Crippen LogP contribution in [0.25, 0.3) is 0 Å². The van der Waals surface area contributed by atoms with E-state index >= 15 is 0 Å². The summed E-state index contributed by atoms with van der Waals surface area (Å²) < 4.78 is 0. The van der Waals surface area contributed by atoms with Crippen molar-refractivity contribution in [3.8, 4) is 6.07 Å². The van der Waals surface area contributed by atoms with E-state index in [1.807, 2.05) is 0 Å². The molecule has 0 bridgehead atoms. The fourth-order valence-electron chi connectivity index (χ4n) is 1.13. The first kappa shape index (κ1) is 5.58. The lowest BCUT2D eigenvalue weighted by Gasteiger charge is -1.95. The molecule has 0 unspecified atom stereocenters. The van der Waals surface area contributed by atoms with Crippen LogP contribution < -0.4 is 5.73 Å². The summed E-state index contributed by atoms with van der Waals surface area (Å²) in [7, 11) is 0. The highest BCUT2D eigenvalue weighted by atomic mass is 14.6. The number of hydrogen-bond acceptors (Lipinski definition) is 2. The topological polar surface area (TPSA) is 49.8 Å². The molecule has 1 saturated carbocycles. The maximum atomic E-state index is 8.38. The van der Waals surface area contributed by atoms with Crippen LogP contribution in [0.15, 0.2) is 0 Å². The summed E-state index contributed by atoms with van der Waals surface area (Å²) in [4.78, 5) is 0. The number of nitriles is 1. The lowest BCUT2D eigenvalue weighted by molar-refractivity contribution is 0.662. The number of nitrogens with two attached hydrogens (primary N) is 1. The summed E-state index contributed by atoms with van der Waals surface area (Å²) in [6.45, 7) is 0. The van der Waals surface area contributed by atoms with Gasteiger partial charge >= 0.3 is 0 Å². The summed E-state index contributed by atoms with van der Waals surface area (Å²) in [5.74, 6) is 0.255. The Bertz CT molecular complexity index is 114. The molecule has 0 heterocycles. The molecule has 0 aromatic rings. The van der Waals surface area contributed by atoms with Crippen LogP contribution in [-0.2, 0) is 0 Å². The second-order valence-corrected chi connectivity index (χ2v) is 2.40. The lowest BCUT2D eigenvalue weighted by Crippen LogP contribution is -2.14. The molecule has 44 valence electrons. The minimum Gasteiger partial charge on any atom is -0.328 e. The van der Waals surface area contributed by atoms with Crippen LogP contribution in [0, 0.1) is 17.2 Å². The van der Waals surface area contributed by atoms with Crippen LogP contribution in [0.5, 0.6) is 0 Å². The van der Waals surface area contributed by atoms with Crippen LogP contribution in [0.1, 0.15) is 19.3 Å². The fourth-order valence-corrected chi connectivity index (χ4v) is 1.13. The molecule has 2 atom stereocenters. The highest BCUT2D eigenvalue weighted by molar-refractivity contribution is 4.91. The first-order valence-electron chi connectivity index (χ1n) is 2.98. The van der Waals surface area contributed by atoms with Gasteiger partial charge in [0, 0.05) is 12.0 Å². The van der Waals surface area contributed by atoms with Gasteiger partial charge in [-0.25, -0.2) is 0 Å². The van der Waals surface area contributed by atoms with E-state index in [4.69, 9.17) is 11.0 Å². The zero-order chi connectivity index (χ0) is 5.98. The van der Waals surface area contributed by atoms with Crippen LogP contribution in [-0.4, -0.2) is 6.04 Å². The molecule has 2 nitrogen and oxygen atoms in total. The molecule has 1 aliphatic rings. The predicted molar refractivity (Wildman–Crippen MR) is 30.9 cm³/mol. The minimum absolute atomic E-state index is 0.255. The molecule has 0 aromatic heterocycles. The Morgan fingerprint density at radius 2 is 2.25 bits per heavy atom. The predicted octanol–water partition coefficient (Wildman–Crippen LogP) is 0.637. The van der Waals surface area contributed by atoms with E-state index < -0.39 is 0 Å². The van der Waals surface area contributed by atoms with Gasteiger partial charge in [0.25, 0.3) is 0 Å². The van der Waals surface area contributed by atoms with Gasteiger partial charge in [0.1, 0.15) is 0 Å². The SMILES string of the molecule is N#C[C@@H]1CC[C@H](N)C1. The Morgan fingerprint density at radius 3 is 2.50 bits per heavy atom. The second kappa shape index (κ2) is 2.15. The molecule has 0 radical (unpaired) electrons. The van der Waals surface area contributed by atoms with Crippen molar-refractivity contribution in [3.05, 3.63) is 0 Å². The minimum atomic E-state index is 0.255. The van der Waals surface area contributed by atoms with E-state index in [0.29, 0.717) is 6.04 Å². The summed E-state index contributed by atoms with van der Waals surface area (Å²) in [5.41, 5.74) is 5.55. The van der Waals surface area contributed by atoms with Gasteiger partial charge in [-0.05, 0) is 19.3 Å². The highest BCUT2D eigenvalue weighted by Gasteiger charge is 2.20. The smallest absolute Gasteiger partial charge is 0.0656 e. The second-order valence-electron chi connectivity index (χ2n) is 2.40. The van der Waals surface area contributed by atoms with Crippen LogP contribution in [0.2, 0.25) is 0 Å². The largest absolute Gasteiger partial charge is 0.328 e. The van der Waals surface area contributed by atoms with E-state index in [-0.39, 0.29) is 5.92 Å². The van der Waals surface area contributed by atoms with Crippen molar-refractivity contribution >= 4 is 0 Å². The normalized spacial score (nSPS) is 37.0. The summed E-state index contributed by atoms with van der Waals surface area (Å²) in [6, 6.07) is 2.52. The Morgan fingerprint density at radius 1 is 1.50 bits per heavy atom. The van der Waals surface area contributed by atoms with Gasteiger partial charge in [0.15, 0.2) is 0 Å². The Hall–Kier alpha value is -0.550. The number of hydrogen-bond donors (Lipinski definition) is 1. The third kappa shape index (κ3) is 0.988. The molecule has 0 saturated heterocycles. The van der Waals surface area contributed by atoms with Crippen LogP contribution in [0.4, 0.5) is 0 Å². The summed E-state index contributed by atoms with van der Waals surface area (Å²) in [5, 5.41) is 8.38. The van der Waals surface area contributed by atoms with E-state index in [0.717, 1.165) is 19.3 Å². The van der Waals surface area contributed by atoms with E-state index in [9.17, 15) is 0 Å². The summed E-state index contributed by atoms with van der Waals surface area (Å²) >= 11 is 0. The van der Waals surface area contributed by atoms with Gasteiger partial charge in [-0.3, -0.25) is 0 Å². The molecular weight excluding hydrogens is 100 g/mol. The van der Waals surface area contributed by atoms with Gasteiger partial charge in [0.2, 0.25) is 0 Å². The fraction of sp³-hybridized carbons (Fsp3) is 0.833. The van der Waals surface area contributed by atoms with Gasteiger partial charge in [0.05, 0.1) is 6.07 Å². The van der Waals surface area contributed by atoms with E-state index in [1.165, 1.54) is 0 Å². The van der Waals surface area contributed by atoms with Gasteiger partial charge < -0.3 is 5.73 Å². The maximum absolute atomic E-state index is 8.38. The van der Waals surface area contributed by atoms with Gasteiger partial charge in [-0.2, -0.15) is 5.26 Å². The molecular formula is C6H10N2. The van der Waals surface area contributed by atoms with Crippen LogP contribution in [0.3, 0.4) is 0 Å². The first-order valence-corrected chi connectivity index (χ1v) is 2.98. The quantitative estimate of drug-likeness (QED) is 0.497. The van der Waals surface area contributed by atoms with Crippen molar-refractivity contribution < 1.29 is 0 Å². The first-order chi connectivity index (χ1) is 3.83. The molecule has 0 aliphatic heterocycles. The Labute approximate surface area is 49.3 Å². The third-order valence-corrected chi connectivity index (χ3v) is 1.66. The van der Waals surface area contributed by atoms with Gasteiger partial charge in [-0.15, -0.1) is 0 Å². The van der Waals surface area contributed by atoms with Crippen molar-refractivity contribution in [1.82, 2.24) is 0 Å². The average molecular weight is 110 g/mol. The maximum Gasteiger partial charge on any atom is 0.0656 e. The molecule has 0 aromatic carbocycles. The lowest BCUT2D eigenvalue weighted by atomic mass is 10.1. The molecule has 1 fully saturated rings. The van der Waals surface area contributed by atoms with E-state index in [1.54, 1.807) is 0 Å². The molecule has 1 aliphatic carbocycles. The van der Waals surface area contributed by atoms with Crippen LogP contribution >= 0.6 is 0 Å². The van der Waals surface area contributed by atoms with Crippen molar-refractivity contribution in [2.24, 2.45) is 11.7 Å². The molecule has 0 amide bonds. The standard InChI is InChI=1S/C6H10N2/c7-4-5-1-2-6(8)3-5/h5-6H,1-3,8H2/t5-,6+/m1/s1. The Balaban J connectivity index is 2.35. The zero-order valence-electron chi connectivity index (χ0n) is 4.80. The van der Waals surface area contributed by atoms with Gasteiger partial charge in [-0.1, -0.05) is 0 Å². The Kier molecular flexibility index (Phi) is 1.50. The third-order valence-electron chi connectivity index (χ3n) is 1.66. The highest BCUT2D eigenvalue weighted by Crippen LogP contribution is 2.22. The number of rotatable bonds is 0. The monoisotopic (exact) mass is 110 g/mol. The number of nitrogens with zero attached hydrogens (tertiary/aromatic N) is 1. The van der Waals surface area contributed by atoms with Crippen molar-refractivity contribution in [3.63, 3.8) is 0 Å². The molecule has 0 spiro atoms. The van der Waals surface area contributed by atoms with Crippen molar-refractivity contribution in [2.45, 2.75) is 25.3 Å². The van der Waals surface area contributed by atoms with Crippen molar-refractivity contribution in [1.29, 1.82) is 5.26 Å².